The third kappa shape index (κ3) is 4.76. The topological polar surface area (TPSA) is 71.8 Å². The summed E-state index contributed by atoms with van der Waals surface area (Å²) in [6.45, 7) is 4.15. The molecule has 1 aromatic heterocycles. The van der Waals surface area contributed by atoms with Gasteiger partial charge in [0.05, 0.1) is 11.8 Å². The predicted octanol–water partition coefficient (Wildman–Crippen LogP) is 4.28. The van der Waals surface area contributed by atoms with E-state index in [2.05, 4.69) is 15.9 Å². The van der Waals surface area contributed by atoms with Crippen molar-refractivity contribution in [3.05, 3.63) is 91.3 Å². The molecule has 1 aliphatic rings. The summed E-state index contributed by atoms with van der Waals surface area (Å²) >= 11 is 3.28. The second-order valence-electron chi connectivity index (χ2n) is 8.32. The largest absolute Gasteiger partial charge is 0.487 e. The van der Waals surface area contributed by atoms with Gasteiger partial charge < -0.3 is 14.7 Å². The number of β-amino-alcohol motifs (C(OH)–C–C–N with tert-alkyl or cyclic N) is 1. The number of hydrogen-bond donors (Lipinski definition) is 1. The Balaban J connectivity index is 1.65. The Morgan fingerprint density at radius 2 is 1.94 bits per heavy atom. The van der Waals surface area contributed by atoms with Crippen LogP contribution in [0, 0.1) is 25.5 Å². The molecule has 1 N–H and O–H groups in total. The van der Waals surface area contributed by atoms with Gasteiger partial charge in [0.2, 0.25) is 0 Å². The average molecular weight is 533 g/mol. The van der Waals surface area contributed by atoms with E-state index in [0.717, 1.165) is 17.7 Å². The van der Waals surface area contributed by atoms with Crippen LogP contribution in [-0.2, 0) is 6.61 Å². The van der Waals surface area contributed by atoms with E-state index < -0.39 is 23.3 Å². The number of carbonyl (C=O) groups excluding carboxylic acids is 1. The minimum Gasteiger partial charge on any atom is -0.487 e. The van der Waals surface area contributed by atoms with Crippen LogP contribution in [0.25, 0.3) is 5.69 Å². The number of carbonyl (C=O) groups is 1. The maximum atomic E-state index is 13.9. The number of aliphatic hydroxyl groups is 1. The molecule has 0 bridgehead atoms. The molecule has 9 heteroatoms. The number of nitrogens with zero attached hydrogens (tertiary/aromatic N) is 2. The molecule has 1 amide bonds. The Labute approximate surface area is 203 Å². The lowest BCUT2D eigenvalue weighted by atomic mass is 10.1. The molecule has 0 radical (unpaired) electrons. The molecule has 1 fully saturated rings. The van der Waals surface area contributed by atoms with Gasteiger partial charge in [0.25, 0.3) is 11.5 Å². The molecule has 3 aromatic rings. The number of aliphatic hydroxyl groups excluding tert-OH is 1. The minimum absolute atomic E-state index is 0.138. The van der Waals surface area contributed by atoms with Crippen LogP contribution in [-0.4, -0.2) is 39.7 Å². The summed E-state index contributed by atoms with van der Waals surface area (Å²) in [5.41, 5.74) is 2.06. The highest BCUT2D eigenvalue weighted by Gasteiger charge is 2.26. The van der Waals surface area contributed by atoms with Crippen molar-refractivity contribution in [3.63, 3.8) is 0 Å². The molecule has 2 heterocycles. The Morgan fingerprint density at radius 3 is 2.62 bits per heavy atom. The standard InChI is InChI=1S/C25H23BrF2N2O4/c1-14-3-4-16(24(32)29-8-7-19(31)12-29)10-21(14)30-15(2)9-22(23(26)25(30)33)34-13-17-5-6-18(27)11-20(17)28/h3-6,9-11,19,31H,7-8,12-13H2,1-2H3/t19-/m1/s1. The molecule has 34 heavy (non-hydrogen) atoms. The number of aromatic nitrogens is 1. The van der Waals surface area contributed by atoms with Crippen LogP contribution in [0.3, 0.4) is 0 Å². The van der Waals surface area contributed by atoms with Gasteiger partial charge in [0.1, 0.15) is 28.5 Å². The summed E-state index contributed by atoms with van der Waals surface area (Å²) in [4.78, 5) is 27.7. The molecule has 0 unspecified atom stereocenters. The highest BCUT2D eigenvalue weighted by molar-refractivity contribution is 9.10. The number of pyridine rings is 1. The van der Waals surface area contributed by atoms with E-state index in [1.165, 1.54) is 10.6 Å². The van der Waals surface area contributed by atoms with Gasteiger partial charge in [-0.3, -0.25) is 14.2 Å². The zero-order valence-corrected chi connectivity index (χ0v) is 20.2. The fourth-order valence-electron chi connectivity index (χ4n) is 3.97. The van der Waals surface area contributed by atoms with Crippen molar-refractivity contribution < 1.29 is 23.4 Å². The van der Waals surface area contributed by atoms with Crippen LogP contribution in [0.15, 0.2) is 51.7 Å². The molecule has 0 aliphatic carbocycles. The SMILES string of the molecule is Cc1ccc(C(=O)N2CC[C@@H](O)C2)cc1-n1c(C)cc(OCc2ccc(F)cc2F)c(Br)c1=O. The molecule has 0 saturated carbocycles. The van der Waals surface area contributed by atoms with Crippen LogP contribution in [0.5, 0.6) is 5.75 Å². The number of rotatable bonds is 5. The molecular formula is C25H23BrF2N2O4. The van der Waals surface area contributed by atoms with Crippen LogP contribution in [0.2, 0.25) is 0 Å². The van der Waals surface area contributed by atoms with Gasteiger partial charge in [-0.1, -0.05) is 6.07 Å². The van der Waals surface area contributed by atoms with Gasteiger partial charge >= 0.3 is 0 Å². The van der Waals surface area contributed by atoms with Crippen LogP contribution in [0.1, 0.15) is 33.6 Å². The molecule has 4 rings (SSSR count). The summed E-state index contributed by atoms with van der Waals surface area (Å²) in [5.74, 6) is -1.40. The second kappa shape index (κ2) is 9.68. The third-order valence-corrected chi connectivity index (χ3v) is 6.58. The molecule has 1 aliphatic heterocycles. The monoisotopic (exact) mass is 532 g/mol. The predicted molar refractivity (Wildman–Crippen MR) is 126 cm³/mol. The van der Waals surface area contributed by atoms with Crippen LogP contribution in [0.4, 0.5) is 8.78 Å². The Morgan fingerprint density at radius 1 is 1.18 bits per heavy atom. The maximum absolute atomic E-state index is 13.9. The fraction of sp³-hybridized carbons (Fsp3) is 0.280. The molecule has 1 saturated heterocycles. The van der Waals surface area contributed by atoms with E-state index >= 15 is 0 Å². The second-order valence-corrected chi connectivity index (χ2v) is 9.12. The molecule has 6 nitrogen and oxygen atoms in total. The lowest BCUT2D eigenvalue weighted by Crippen LogP contribution is -2.30. The summed E-state index contributed by atoms with van der Waals surface area (Å²) in [7, 11) is 0. The Kier molecular flexibility index (Phi) is 6.86. The van der Waals surface area contributed by atoms with Crippen molar-refractivity contribution in [1.29, 1.82) is 0 Å². The number of hydrogen-bond acceptors (Lipinski definition) is 4. The zero-order chi connectivity index (χ0) is 24.6. The van der Waals surface area contributed by atoms with E-state index in [0.29, 0.717) is 29.9 Å². The van der Waals surface area contributed by atoms with Crippen LogP contribution < -0.4 is 10.3 Å². The smallest absolute Gasteiger partial charge is 0.273 e. The minimum atomic E-state index is -0.733. The first-order valence-electron chi connectivity index (χ1n) is 10.7. The number of ether oxygens (including phenoxy) is 1. The van der Waals surface area contributed by atoms with E-state index in [-0.39, 0.29) is 34.8 Å². The number of likely N-dealkylation sites (tertiary alicyclic amines) is 1. The first kappa shape index (κ1) is 24.1. The Bertz CT molecular complexity index is 1320. The summed E-state index contributed by atoms with van der Waals surface area (Å²) in [5, 5.41) is 9.75. The molecule has 1 atom stereocenters. The van der Waals surface area contributed by atoms with Gasteiger partial charge in [-0.25, -0.2) is 8.78 Å². The van der Waals surface area contributed by atoms with Gasteiger partial charge in [-0.05, 0) is 66.0 Å². The quantitative estimate of drug-likeness (QED) is 0.532. The van der Waals surface area contributed by atoms with Gasteiger partial charge in [0.15, 0.2) is 0 Å². The van der Waals surface area contributed by atoms with Crippen molar-refractivity contribution in [1.82, 2.24) is 9.47 Å². The lowest BCUT2D eigenvalue weighted by molar-refractivity contribution is 0.0765. The molecule has 0 spiro atoms. The summed E-state index contributed by atoms with van der Waals surface area (Å²) in [6.07, 6.45) is 0.0184. The zero-order valence-electron chi connectivity index (χ0n) is 18.6. The van der Waals surface area contributed by atoms with Crippen molar-refractivity contribution in [2.75, 3.05) is 13.1 Å². The third-order valence-electron chi connectivity index (χ3n) is 5.85. The van der Waals surface area contributed by atoms with E-state index in [1.807, 2.05) is 6.92 Å². The van der Waals surface area contributed by atoms with Crippen molar-refractivity contribution in [2.45, 2.75) is 33.0 Å². The number of benzene rings is 2. The van der Waals surface area contributed by atoms with E-state index in [9.17, 15) is 23.5 Å². The average Bonchev–Trinajstić information content (AvgIpc) is 3.23. The number of halogens is 3. The number of aryl methyl sites for hydroxylation is 2. The Hall–Kier alpha value is -3.04. The van der Waals surface area contributed by atoms with E-state index in [4.69, 9.17) is 4.74 Å². The van der Waals surface area contributed by atoms with Crippen molar-refractivity contribution >= 4 is 21.8 Å². The number of amides is 1. The highest BCUT2D eigenvalue weighted by Crippen LogP contribution is 2.27. The van der Waals surface area contributed by atoms with E-state index in [1.54, 1.807) is 36.1 Å². The lowest BCUT2D eigenvalue weighted by Gasteiger charge is -2.19. The normalized spacial score (nSPS) is 15.6. The molecule has 178 valence electrons. The van der Waals surface area contributed by atoms with Gasteiger partial charge in [-0.15, -0.1) is 0 Å². The van der Waals surface area contributed by atoms with Gasteiger partial charge in [0, 0.05) is 42.0 Å². The highest BCUT2D eigenvalue weighted by atomic mass is 79.9. The molecule has 2 aromatic carbocycles. The summed E-state index contributed by atoms with van der Waals surface area (Å²) in [6, 6.07) is 9.98. The molecular weight excluding hydrogens is 510 g/mol. The van der Waals surface area contributed by atoms with Crippen LogP contribution >= 0.6 is 15.9 Å². The first-order chi connectivity index (χ1) is 16.2. The van der Waals surface area contributed by atoms with Gasteiger partial charge in [-0.2, -0.15) is 0 Å². The van der Waals surface area contributed by atoms with Crippen molar-refractivity contribution in [3.8, 4) is 11.4 Å². The van der Waals surface area contributed by atoms with Crippen molar-refractivity contribution in [2.24, 2.45) is 0 Å². The first-order valence-corrected chi connectivity index (χ1v) is 11.5. The fourth-order valence-corrected chi connectivity index (χ4v) is 4.38. The summed E-state index contributed by atoms with van der Waals surface area (Å²) < 4.78 is 34.3. The maximum Gasteiger partial charge on any atom is 0.273 e.